The predicted molar refractivity (Wildman–Crippen MR) is 114 cm³/mol. The van der Waals surface area contributed by atoms with Gasteiger partial charge in [-0.05, 0) is 30.3 Å². The average Bonchev–Trinajstić information content (AvgIpc) is 3.44. The molecule has 184 valence electrons. The third kappa shape index (κ3) is 6.54. The third-order valence-corrected chi connectivity index (χ3v) is 5.66. The van der Waals surface area contributed by atoms with Crippen LogP contribution >= 0.6 is 0 Å². The number of alkyl halides is 3. The molecular formula is C23H21F3N4O5. The molecule has 12 heteroatoms. The van der Waals surface area contributed by atoms with E-state index in [-0.39, 0.29) is 29.8 Å². The van der Waals surface area contributed by atoms with Gasteiger partial charge < -0.3 is 20.1 Å². The van der Waals surface area contributed by atoms with E-state index in [1.807, 2.05) is 0 Å². The standard InChI is InChI=1S/C21H20N4O3.C2HF3O2/c22-8-14-3-1-4-15(7-14)21(27)25-11-18-17(13-28-19(18)12-25)10-24-20(26)16-5-2-6-23-9-16;3-2(4,5)1(6)7/h1-7,9,17-19H,10-13H2,(H,24,26);(H,6,7)/t17-,18-,19-;/m1./s1. The van der Waals surface area contributed by atoms with Gasteiger partial charge in [0.2, 0.25) is 0 Å². The molecule has 1 aromatic heterocycles. The smallest absolute Gasteiger partial charge is 0.475 e. The first-order valence-electron chi connectivity index (χ1n) is 10.5. The second-order valence-electron chi connectivity index (χ2n) is 7.95. The Balaban J connectivity index is 0.000000429. The number of hydrogen-bond acceptors (Lipinski definition) is 6. The second kappa shape index (κ2) is 11.0. The van der Waals surface area contributed by atoms with Crippen molar-refractivity contribution in [1.29, 1.82) is 5.26 Å². The van der Waals surface area contributed by atoms with Gasteiger partial charge in [0, 0.05) is 49.4 Å². The van der Waals surface area contributed by atoms with Crippen LogP contribution < -0.4 is 5.32 Å². The number of aromatic nitrogens is 1. The average molecular weight is 490 g/mol. The Morgan fingerprint density at radius 1 is 1.20 bits per heavy atom. The highest BCUT2D eigenvalue weighted by Crippen LogP contribution is 2.34. The van der Waals surface area contributed by atoms with Gasteiger partial charge >= 0.3 is 12.1 Å². The highest BCUT2D eigenvalue weighted by atomic mass is 19.4. The number of aliphatic carboxylic acids is 1. The summed E-state index contributed by atoms with van der Waals surface area (Å²) in [6, 6.07) is 12.3. The van der Waals surface area contributed by atoms with Crippen LogP contribution in [0, 0.1) is 23.2 Å². The number of carbonyl (C=O) groups is 3. The highest BCUT2D eigenvalue weighted by molar-refractivity contribution is 5.95. The zero-order chi connectivity index (χ0) is 25.6. The minimum absolute atomic E-state index is 0.0107. The summed E-state index contributed by atoms with van der Waals surface area (Å²) in [7, 11) is 0. The number of nitrogens with one attached hydrogen (secondary N) is 1. The fraction of sp³-hybridized carbons (Fsp3) is 0.348. The van der Waals surface area contributed by atoms with E-state index in [2.05, 4.69) is 16.4 Å². The fourth-order valence-corrected chi connectivity index (χ4v) is 3.90. The summed E-state index contributed by atoms with van der Waals surface area (Å²) in [5.41, 5.74) is 1.51. The molecule has 2 amide bonds. The van der Waals surface area contributed by atoms with Crippen molar-refractivity contribution in [2.24, 2.45) is 11.8 Å². The van der Waals surface area contributed by atoms with Gasteiger partial charge in [-0.3, -0.25) is 14.6 Å². The molecule has 1 aromatic carbocycles. The van der Waals surface area contributed by atoms with Crippen LogP contribution in [0.3, 0.4) is 0 Å². The summed E-state index contributed by atoms with van der Waals surface area (Å²) in [5, 5.41) is 19.1. The van der Waals surface area contributed by atoms with E-state index >= 15 is 0 Å². The number of ether oxygens (including phenoxy) is 1. The lowest BCUT2D eigenvalue weighted by atomic mass is 9.93. The van der Waals surface area contributed by atoms with E-state index in [1.165, 1.54) is 6.20 Å². The first kappa shape index (κ1) is 25.6. The molecule has 2 aliphatic rings. The van der Waals surface area contributed by atoms with Crippen molar-refractivity contribution < 1.29 is 37.4 Å². The van der Waals surface area contributed by atoms with Crippen LogP contribution in [0.4, 0.5) is 13.2 Å². The molecule has 2 saturated heterocycles. The maximum Gasteiger partial charge on any atom is 0.490 e. The zero-order valence-corrected chi connectivity index (χ0v) is 18.2. The number of nitriles is 1. The van der Waals surface area contributed by atoms with Gasteiger partial charge in [0.1, 0.15) is 0 Å². The Morgan fingerprint density at radius 2 is 1.91 bits per heavy atom. The van der Waals surface area contributed by atoms with Gasteiger partial charge in [0.05, 0.1) is 29.9 Å². The lowest BCUT2D eigenvalue weighted by Gasteiger charge is -2.20. The van der Waals surface area contributed by atoms with E-state index in [9.17, 15) is 22.8 Å². The van der Waals surface area contributed by atoms with E-state index in [0.717, 1.165) is 0 Å². The van der Waals surface area contributed by atoms with Crippen LogP contribution in [0.1, 0.15) is 26.3 Å². The van der Waals surface area contributed by atoms with Crippen LogP contribution in [0.5, 0.6) is 0 Å². The molecule has 3 atom stereocenters. The van der Waals surface area contributed by atoms with Crippen molar-refractivity contribution in [2.75, 3.05) is 26.2 Å². The number of carboxylic acids is 1. The van der Waals surface area contributed by atoms with Gasteiger partial charge in [0.25, 0.3) is 11.8 Å². The summed E-state index contributed by atoms with van der Waals surface area (Å²) >= 11 is 0. The Hall–Kier alpha value is -3.98. The first-order valence-corrected chi connectivity index (χ1v) is 10.5. The lowest BCUT2D eigenvalue weighted by molar-refractivity contribution is -0.192. The topological polar surface area (TPSA) is 133 Å². The van der Waals surface area contributed by atoms with Crippen molar-refractivity contribution in [3.8, 4) is 6.07 Å². The first-order chi connectivity index (χ1) is 16.6. The summed E-state index contributed by atoms with van der Waals surface area (Å²) in [5.74, 6) is -2.65. The number of amides is 2. The maximum absolute atomic E-state index is 12.8. The molecule has 3 heterocycles. The van der Waals surface area contributed by atoms with Gasteiger partial charge in [-0.25, -0.2) is 4.79 Å². The number of carboxylic acid groups (broad SMARTS) is 1. The molecule has 0 saturated carbocycles. The monoisotopic (exact) mass is 490 g/mol. The molecule has 0 bridgehead atoms. The minimum Gasteiger partial charge on any atom is -0.475 e. The number of likely N-dealkylation sites (tertiary alicyclic amines) is 1. The number of hydrogen-bond donors (Lipinski definition) is 2. The zero-order valence-electron chi connectivity index (χ0n) is 18.2. The van der Waals surface area contributed by atoms with Crippen molar-refractivity contribution in [3.05, 3.63) is 65.5 Å². The molecule has 0 aliphatic carbocycles. The Bertz CT molecular complexity index is 1120. The number of rotatable bonds is 4. The fourth-order valence-electron chi connectivity index (χ4n) is 3.90. The summed E-state index contributed by atoms with van der Waals surface area (Å²) < 4.78 is 37.6. The largest absolute Gasteiger partial charge is 0.490 e. The number of halogens is 3. The molecule has 2 fully saturated rings. The molecule has 2 aliphatic heterocycles. The minimum atomic E-state index is -5.08. The van der Waals surface area contributed by atoms with Gasteiger partial charge in [-0.1, -0.05) is 6.07 Å². The Morgan fingerprint density at radius 3 is 2.54 bits per heavy atom. The third-order valence-electron chi connectivity index (χ3n) is 5.66. The number of pyridine rings is 1. The number of fused-ring (bicyclic) bond motifs is 1. The molecule has 4 rings (SSSR count). The van der Waals surface area contributed by atoms with Crippen LogP contribution in [-0.2, 0) is 9.53 Å². The summed E-state index contributed by atoms with van der Waals surface area (Å²) in [4.78, 5) is 39.7. The van der Waals surface area contributed by atoms with E-state index in [0.29, 0.717) is 42.9 Å². The Kier molecular flexibility index (Phi) is 8.03. The molecule has 35 heavy (non-hydrogen) atoms. The van der Waals surface area contributed by atoms with Crippen LogP contribution in [0.2, 0.25) is 0 Å². The summed E-state index contributed by atoms with van der Waals surface area (Å²) in [6.07, 6.45) is -1.93. The number of carbonyl (C=O) groups excluding carboxylic acids is 2. The number of nitrogens with zero attached hydrogens (tertiary/aromatic N) is 3. The van der Waals surface area contributed by atoms with Crippen LogP contribution in [0.15, 0.2) is 48.8 Å². The quantitative estimate of drug-likeness (QED) is 0.671. The number of benzene rings is 1. The maximum atomic E-state index is 12.8. The predicted octanol–water partition coefficient (Wildman–Crippen LogP) is 2.10. The highest BCUT2D eigenvalue weighted by Gasteiger charge is 2.45. The SMILES string of the molecule is N#Cc1cccc(C(=O)N2C[C@@H]3[C@H](CNC(=O)c4cccnc4)CO[C@@H]3C2)c1.O=C(O)C(F)(F)F. The van der Waals surface area contributed by atoms with Crippen molar-refractivity contribution in [1.82, 2.24) is 15.2 Å². The Labute approximate surface area is 198 Å². The molecule has 0 spiro atoms. The normalized spacial score (nSPS) is 20.7. The van der Waals surface area contributed by atoms with Crippen LogP contribution in [-0.4, -0.2) is 71.3 Å². The van der Waals surface area contributed by atoms with Crippen LogP contribution in [0.25, 0.3) is 0 Å². The lowest BCUT2D eigenvalue weighted by Crippen LogP contribution is -2.35. The molecule has 2 aromatic rings. The van der Waals surface area contributed by atoms with Crippen molar-refractivity contribution >= 4 is 17.8 Å². The van der Waals surface area contributed by atoms with Gasteiger partial charge in [0.15, 0.2) is 0 Å². The van der Waals surface area contributed by atoms with Gasteiger partial charge in [-0.15, -0.1) is 0 Å². The van der Waals surface area contributed by atoms with Crippen molar-refractivity contribution in [2.45, 2.75) is 12.3 Å². The molecular weight excluding hydrogens is 469 g/mol. The van der Waals surface area contributed by atoms with E-state index < -0.39 is 12.1 Å². The molecule has 9 nitrogen and oxygen atoms in total. The molecule has 2 N–H and O–H groups in total. The van der Waals surface area contributed by atoms with E-state index in [4.69, 9.17) is 19.9 Å². The van der Waals surface area contributed by atoms with E-state index in [1.54, 1.807) is 47.5 Å². The van der Waals surface area contributed by atoms with Gasteiger partial charge in [-0.2, -0.15) is 18.4 Å². The summed E-state index contributed by atoms with van der Waals surface area (Å²) in [6.45, 7) is 2.20. The molecule has 0 unspecified atom stereocenters. The molecule has 0 radical (unpaired) electrons. The van der Waals surface area contributed by atoms with Crippen molar-refractivity contribution in [3.63, 3.8) is 0 Å². The second-order valence-corrected chi connectivity index (χ2v) is 7.95.